The fraction of sp³-hybridized carbons (Fsp3) is 0.318. The molecule has 0 atom stereocenters. The molecule has 0 aliphatic carbocycles. The van der Waals surface area contributed by atoms with Crippen LogP contribution in [0.1, 0.15) is 43.1 Å². The quantitative estimate of drug-likeness (QED) is 0.459. The minimum absolute atomic E-state index is 0.144. The molecule has 30 heavy (non-hydrogen) atoms. The van der Waals surface area contributed by atoms with Gasteiger partial charge in [-0.3, -0.25) is 14.9 Å². The molecule has 0 spiro atoms. The number of thiocarbonyl (C=S) groups is 1. The van der Waals surface area contributed by atoms with Crippen LogP contribution in [0.5, 0.6) is 5.75 Å². The average Bonchev–Trinajstić information content (AvgIpc) is 2.64. The van der Waals surface area contributed by atoms with E-state index in [-0.39, 0.29) is 16.9 Å². The fourth-order valence-corrected chi connectivity index (χ4v) is 3.14. The van der Waals surface area contributed by atoms with Crippen LogP contribution in [-0.2, 0) is 4.79 Å². The normalized spacial score (nSPS) is 10.5. The molecule has 0 radical (unpaired) electrons. The first-order chi connectivity index (χ1) is 14.2. The van der Waals surface area contributed by atoms with Gasteiger partial charge in [-0.1, -0.05) is 35.8 Å². The maximum absolute atomic E-state index is 12.8. The monoisotopic (exact) mass is 491 g/mol. The van der Waals surface area contributed by atoms with Gasteiger partial charge < -0.3 is 15.4 Å². The van der Waals surface area contributed by atoms with Crippen LogP contribution < -0.4 is 20.7 Å². The van der Waals surface area contributed by atoms with Gasteiger partial charge in [0, 0.05) is 22.8 Å². The number of carbonyl (C=O) groups excluding carboxylic acids is 2. The third-order valence-corrected chi connectivity index (χ3v) is 4.87. The Bertz CT molecular complexity index is 947. The van der Waals surface area contributed by atoms with E-state index in [4.69, 9.17) is 17.0 Å². The predicted molar refractivity (Wildman–Crippen MR) is 128 cm³/mol. The van der Waals surface area contributed by atoms with Gasteiger partial charge in [0.1, 0.15) is 5.75 Å². The Hall–Kier alpha value is -2.45. The van der Waals surface area contributed by atoms with Crippen LogP contribution in [0.2, 0.25) is 0 Å². The molecule has 0 fully saturated rings. The minimum atomic E-state index is -0.373. The van der Waals surface area contributed by atoms with Crippen LogP contribution >= 0.6 is 28.1 Å². The van der Waals surface area contributed by atoms with Crippen molar-refractivity contribution in [2.45, 2.75) is 34.1 Å². The zero-order chi connectivity index (χ0) is 22.3. The van der Waals surface area contributed by atoms with Gasteiger partial charge in [-0.05, 0) is 67.4 Å². The van der Waals surface area contributed by atoms with Gasteiger partial charge in [-0.15, -0.1) is 0 Å². The first-order valence-corrected chi connectivity index (χ1v) is 10.8. The molecule has 0 aliphatic heterocycles. The van der Waals surface area contributed by atoms with Crippen molar-refractivity contribution in [2.24, 2.45) is 5.92 Å². The highest BCUT2D eigenvalue weighted by Gasteiger charge is 2.15. The number of nitrogens with one attached hydrogen (secondary N) is 3. The van der Waals surface area contributed by atoms with E-state index in [9.17, 15) is 9.59 Å². The highest BCUT2D eigenvalue weighted by molar-refractivity contribution is 9.10. The van der Waals surface area contributed by atoms with E-state index in [0.29, 0.717) is 35.2 Å². The Labute approximate surface area is 190 Å². The van der Waals surface area contributed by atoms with Crippen LogP contribution in [0.15, 0.2) is 40.9 Å². The molecular formula is C22H26BrN3O3S. The number of amides is 2. The highest BCUT2D eigenvalue weighted by Crippen LogP contribution is 2.24. The number of anilines is 2. The van der Waals surface area contributed by atoms with Crippen molar-refractivity contribution in [1.82, 2.24) is 5.32 Å². The van der Waals surface area contributed by atoms with Crippen molar-refractivity contribution >= 4 is 56.4 Å². The number of hydrogen-bond acceptors (Lipinski definition) is 4. The molecular weight excluding hydrogens is 466 g/mol. The van der Waals surface area contributed by atoms with Crippen LogP contribution in [0.4, 0.5) is 11.4 Å². The number of aryl methyl sites for hydroxylation is 1. The third kappa shape index (κ3) is 7.42. The molecule has 8 heteroatoms. The van der Waals surface area contributed by atoms with Crippen LogP contribution in [0.3, 0.4) is 0 Å². The molecule has 2 aromatic carbocycles. The second kappa shape index (κ2) is 11.1. The molecule has 0 aromatic heterocycles. The van der Waals surface area contributed by atoms with Gasteiger partial charge in [0.05, 0.1) is 12.2 Å². The molecule has 0 bridgehead atoms. The third-order valence-electron chi connectivity index (χ3n) is 4.17. The van der Waals surface area contributed by atoms with Gasteiger partial charge in [0.2, 0.25) is 5.91 Å². The lowest BCUT2D eigenvalue weighted by atomic mass is 10.1. The van der Waals surface area contributed by atoms with Crippen LogP contribution in [0.25, 0.3) is 0 Å². The SMILES string of the molecule is CC(=O)Nc1cc(NC(=S)NC(=O)c2cc(Br)ccc2OCCC(C)C)ccc1C. The van der Waals surface area contributed by atoms with Crippen molar-refractivity contribution in [2.75, 3.05) is 17.2 Å². The van der Waals surface area contributed by atoms with Gasteiger partial charge in [0.15, 0.2) is 5.11 Å². The molecule has 0 unspecified atom stereocenters. The van der Waals surface area contributed by atoms with Crippen molar-refractivity contribution < 1.29 is 14.3 Å². The topological polar surface area (TPSA) is 79.5 Å². The number of hydrogen-bond donors (Lipinski definition) is 3. The van der Waals surface area contributed by atoms with Crippen molar-refractivity contribution in [3.63, 3.8) is 0 Å². The summed E-state index contributed by atoms with van der Waals surface area (Å²) < 4.78 is 6.57. The Morgan fingerprint density at radius 1 is 1.13 bits per heavy atom. The molecule has 0 saturated heterocycles. The zero-order valence-corrected chi connectivity index (χ0v) is 19.9. The molecule has 2 rings (SSSR count). The van der Waals surface area contributed by atoms with Crippen molar-refractivity contribution in [3.8, 4) is 5.75 Å². The molecule has 6 nitrogen and oxygen atoms in total. The molecule has 0 heterocycles. The number of carbonyl (C=O) groups is 2. The highest BCUT2D eigenvalue weighted by atomic mass is 79.9. The summed E-state index contributed by atoms with van der Waals surface area (Å²) in [6.07, 6.45) is 0.890. The smallest absolute Gasteiger partial charge is 0.261 e. The van der Waals surface area contributed by atoms with Gasteiger partial charge in [0.25, 0.3) is 5.91 Å². The first-order valence-electron chi connectivity index (χ1n) is 9.58. The largest absolute Gasteiger partial charge is 0.493 e. The van der Waals surface area contributed by atoms with E-state index in [1.165, 1.54) is 6.92 Å². The zero-order valence-electron chi connectivity index (χ0n) is 17.5. The number of benzene rings is 2. The molecule has 2 aromatic rings. The molecule has 2 amide bonds. The molecule has 3 N–H and O–H groups in total. The van der Waals surface area contributed by atoms with E-state index in [1.54, 1.807) is 18.2 Å². The predicted octanol–water partition coefficient (Wildman–Crippen LogP) is 5.27. The second-order valence-corrected chi connectivity index (χ2v) is 8.61. The van der Waals surface area contributed by atoms with Crippen LogP contribution in [0, 0.1) is 12.8 Å². The Morgan fingerprint density at radius 3 is 2.53 bits per heavy atom. The van der Waals surface area contributed by atoms with Crippen molar-refractivity contribution in [3.05, 3.63) is 52.0 Å². The lowest BCUT2D eigenvalue weighted by Crippen LogP contribution is -2.34. The summed E-state index contributed by atoms with van der Waals surface area (Å²) in [5.74, 6) is 0.474. The van der Waals surface area contributed by atoms with E-state index >= 15 is 0 Å². The van der Waals surface area contributed by atoms with Crippen molar-refractivity contribution in [1.29, 1.82) is 0 Å². The second-order valence-electron chi connectivity index (χ2n) is 7.29. The van der Waals surface area contributed by atoms with E-state index in [2.05, 4.69) is 45.7 Å². The summed E-state index contributed by atoms with van der Waals surface area (Å²) in [7, 11) is 0. The summed E-state index contributed by atoms with van der Waals surface area (Å²) in [6.45, 7) is 8.10. The van der Waals surface area contributed by atoms with Gasteiger partial charge >= 0.3 is 0 Å². The standard InChI is InChI=1S/C22H26BrN3O3S/c1-13(2)9-10-29-20-8-6-16(23)11-18(20)21(28)26-22(30)25-17-7-5-14(3)19(12-17)24-15(4)27/h5-8,11-13H,9-10H2,1-4H3,(H,24,27)(H2,25,26,28,30). The number of halogens is 1. The molecule has 160 valence electrons. The molecule has 0 aliphatic rings. The number of rotatable bonds is 7. The number of ether oxygens (including phenoxy) is 1. The van der Waals surface area contributed by atoms with Crippen LogP contribution in [-0.4, -0.2) is 23.5 Å². The van der Waals surface area contributed by atoms with E-state index in [1.807, 2.05) is 25.1 Å². The summed E-state index contributed by atoms with van der Waals surface area (Å²) in [5, 5.41) is 8.56. The van der Waals surface area contributed by atoms with Gasteiger partial charge in [-0.25, -0.2) is 0 Å². The summed E-state index contributed by atoms with van der Waals surface area (Å²) >= 11 is 8.68. The molecule has 0 saturated carbocycles. The summed E-state index contributed by atoms with van der Waals surface area (Å²) in [5.41, 5.74) is 2.63. The van der Waals surface area contributed by atoms with E-state index in [0.717, 1.165) is 16.5 Å². The Morgan fingerprint density at radius 2 is 1.87 bits per heavy atom. The lowest BCUT2D eigenvalue weighted by Gasteiger charge is -2.15. The first kappa shape index (κ1) is 23.8. The van der Waals surface area contributed by atoms with Gasteiger partial charge in [-0.2, -0.15) is 0 Å². The Balaban J connectivity index is 2.08. The van der Waals surface area contributed by atoms with E-state index < -0.39 is 0 Å². The lowest BCUT2D eigenvalue weighted by molar-refractivity contribution is -0.114. The maximum atomic E-state index is 12.8. The average molecular weight is 492 g/mol. The fourth-order valence-electron chi connectivity index (χ4n) is 2.57. The Kier molecular flexibility index (Phi) is 8.80. The maximum Gasteiger partial charge on any atom is 0.261 e. The summed E-state index contributed by atoms with van der Waals surface area (Å²) in [6, 6.07) is 10.7. The minimum Gasteiger partial charge on any atom is -0.493 e. The summed E-state index contributed by atoms with van der Waals surface area (Å²) in [4.78, 5) is 24.1.